The first-order chi connectivity index (χ1) is 9.66. The van der Waals surface area contributed by atoms with Crippen molar-refractivity contribution in [3.05, 3.63) is 28.3 Å². The van der Waals surface area contributed by atoms with Crippen molar-refractivity contribution in [3.8, 4) is 5.75 Å². The van der Waals surface area contributed by atoms with Crippen LogP contribution in [0.25, 0.3) is 0 Å². The Kier molecular flexibility index (Phi) is 5.14. The summed E-state index contributed by atoms with van der Waals surface area (Å²) in [7, 11) is 0. The molecule has 0 saturated carbocycles. The van der Waals surface area contributed by atoms with E-state index in [9.17, 15) is 10.1 Å². The highest BCUT2D eigenvalue weighted by Crippen LogP contribution is 2.26. The quantitative estimate of drug-likeness (QED) is 0.371. The summed E-state index contributed by atoms with van der Waals surface area (Å²) in [5, 5.41) is 10.7. The first-order valence-electron chi connectivity index (χ1n) is 6.57. The molecule has 0 spiro atoms. The Labute approximate surface area is 116 Å². The summed E-state index contributed by atoms with van der Waals surface area (Å²) in [6.07, 6.45) is 2.92. The fraction of sp³-hybridized carbons (Fsp3) is 0.538. The van der Waals surface area contributed by atoms with Crippen molar-refractivity contribution in [2.24, 2.45) is 0 Å². The monoisotopic (exact) mass is 282 g/mol. The molecule has 7 nitrogen and oxygen atoms in total. The number of hydrogen-bond donors (Lipinski definition) is 1. The van der Waals surface area contributed by atoms with E-state index in [1.807, 2.05) is 0 Å². The van der Waals surface area contributed by atoms with Crippen LogP contribution in [0.1, 0.15) is 19.3 Å². The molecule has 2 N–H and O–H groups in total. The summed E-state index contributed by atoms with van der Waals surface area (Å²) < 4.78 is 16.3. The average Bonchev–Trinajstić information content (AvgIpc) is 2.46. The van der Waals surface area contributed by atoms with E-state index in [4.69, 9.17) is 19.9 Å². The number of anilines is 1. The molecular weight excluding hydrogens is 264 g/mol. The minimum atomic E-state index is -0.533. The Morgan fingerprint density at radius 1 is 1.40 bits per heavy atom. The molecule has 1 fully saturated rings. The van der Waals surface area contributed by atoms with Crippen LogP contribution in [0.5, 0.6) is 5.75 Å². The second-order valence-corrected chi connectivity index (χ2v) is 4.49. The summed E-state index contributed by atoms with van der Waals surface area (Å²) >= 11 is 0. The van der Waals surface area contributed by atoms with Crippen molar-refractivity contribution in [2.75, 3.05) is 25.6 Å². The molecule has 1 saturated heterocycles. The molecule has 1 aromatic rings. The molecule has 1 aliphatic heterocycles. The molecule has 1 unspecified atom stereocenters. The minimum Gasteiger partial charge on any atom is -0.491 e. The smallest absolute Gasteiger partial charge is 0.295 e. The van der Waals surface area contributed by atoms with E-state index in [-0.39, 0.29) is 17.7 Å². The lowest BCUT2D eigenvalue weighted by molar-refractivity contribution is -0.384. The van der Waals surface area contributed by atoms with Gasteiger partial charge in [-0.3, -0.25) is 10.1 Å². The van der Waals surface area contributed by atoms with Crippen LogP contribution in [0.3, 0.4) is 0 Å². The fourth-order valence-electron chi connectivity index (χ4n) is 1.95. The van der Waals surface area contributed by atoms with Gasteiger partial charge < -0.3 is 19.9 Å². The van der Waals surface area contributed by atoms with Crippen LogP contribution in [-0.4, -0.2) is 31.0 Å². The Morgan fingerprint density at radius 2 is 2.25 bits per heavy atom. The zero-order chi connectivity index (χ0) is 14.4. The Balaban J connectivity index is 1.76. The van der Waals surface area contributed by atoms with Gasteiger partial charge in [0, 0.05) is 6.61 Å². The van der Waals surface area contributed by atoms with E-state index < -0.39 is 4.92 Å². The summed E-state index contributed by atoms with van der Waals surface area (Å²) in [5.41, 5.74) is 5.47. The zero-order valence-corrected chi connectivity index (χ0v) is 11.1. The molecule has 110 valence electrons. The van der Waals surface area contributed by atoms with Gasteiger partial charge in [0.25, 0.3) is 5.69 Å². The van der Waals surface area contributed by atoms with Crippen molar-refractivity contribution in [2.45, 2.75) is 25.6 Å². The molecule has 0 aromatic heterocycles. The third kappa shape index (κ3) is 4.07. The lowest BCUT2D eigenvalue weighted by Gasteiger charge is -2.22. The normalized spacial score (nSPS) is 18.7. The largest absolute Gasteiger partial charge is 0.491 e. The van der Waals surface area contributed by atoms with Gasteiger partial charge in [-0.15, -0.1) is 0 Å². The van der Waals surface area contributed by atoms with E-state index in [1.165, 1.54) is 12.1 Å². The number of benzene rings is 1. The second-order valence-electron chi connectivity index (χ2n) is 4.49. The second kappa shape index (κ2) is 7.06. The number of nitrogens with two attached hydrogens (primary N) is 1. The maximum Gasteiger partial charge on any atom is 0.295 e. The molecule has 1 aromatic carbocycles. The zero-order valence-electron chi connectivity index (χ0n) is 11.1. The number of nitrogen functional groups attached to an aromatic ring is 1. The molecule has 0 amide bonds. The predicted molar refractivity (Wildman–Crippen MR) is 72.5 cm³/mol. The molecule has 1 heterocycles. The number of hydrogen-bond acceptors (Lipinski definition) is 6. The first-order valence-corrected chi connectivity index (χ1v) is 6.57. The Bertz CT molecular complexity index is 460. The van der Waals surface area contributed by atoms with Crippen LogP contribution in [0.15, 0.2) is 18.2 Å². The van der Waals surface area contributed by atoms with E-state index >= 15 is 0 Å². The molecule has 0 aliphatic carbocycles. The molecule has 0 bridgehead atoms. The molecule has 1 aliphatic rings. The van der Waals surface area contributed by atoms with Gasteiger partial charge in [0.2, 0.25) is 0 Å². The van der Waals surface area contributed by atoms with Crippen LogP contribution in [-0.2, 0) is 9.47 Å². The molecule has 20 heavy (non-hydrogen) atoms. The summed E-state index contributed by atoms with van der Waals surface area (Å²) in [4.78, 5) is 10.2. The van der Waals surface area contributed by atoms with Crippen LogP contribution in [0, 0.1) is 10.1 Å². The molecular formula is C13H18N2O5. The van der Waals surface area contributed by atoms with Gasteiger partial charge in [-0.25, -0.2) is 0 Å². The Hall–Kier alpha value is -1.86. The third-order valence-corrected chi connectivity index (χ3v) is 2.99. The SMILES string of the molecule is Nc1ccc(OCCOC2CCCCO2)cc1[N+](=O)[O-]. The van der Waals surface area contributed by atoms with Gasteiger partial charge in [0.05, 0.1) is 17.6 Å². The van der Waals surface area contributed by atoms with E-state index in [2.05, 4.69) is 0 Å². The van der Waals surface area contributed by atoms with Crippen LogP contribution in [0.4, 0.5) is 11.4 Å². The van der Waals surface area contributed by atoms with Crippen LogP contribution in [0.2, 0.25) is 0 Å². The lowest BCUT2D eigenvalue weighted by atomic mass is 10.2. The Morgan fingerprint density at radius 3 is 2.95 bits per heavy atom. The fourth-order valence-corrected chi connectivity index (χ4v) is 1.95. The molecule has 2 rings (SSSR count). The topological polar surface area (TPSA) is 96.9 Å². The molecule has 0 radical (unpaired) electrons. The highest BCUT2D eigenvalue weighted by molar-refractivity contribution is 5.60. The maximum atomic E-state index is 10.7. The first kappa shape index (κ1) is 14.5. The van der Waals surface area contributed by atoms with Gasteiger partial charge in [-0.05, 0) is 31.4 Å². The minimum absolute atomic E-state index is 0.120. The number of ether oxygens (including phenoxy) is 3. The van der Waals surface area contributed by atoms with E-state index in [1.54, 1.807) is 6.07 Å². The van der Waals surface area contributed by atoms with Gasteiger partial charge >= 0.3 is 0 Å². The van der Waals surface area contributed by atoms with Gasteiger partial charge in [-0.2, -0.15) is 0 Å². The van der Waals surface area contributed by atoms with E-state index in [0.717, 1.165) is 25.9 Å². The van der Waals surface area contributed by atoms with Crippen LogP contribution < -0.4 is 10.5 Å². The van der Waals surface area contributed by atoms with E-state index in [0.29, 0.717) is 19.0 Å². The summed E-state index contributed by atoms with van der Waals surface area (Å²) in [6, 6.07) is 4.37. The van der Waals surface area contributed by atoms with Crippen molar-refractivity contribution >= 4 is 11.4 Å². The van der Waals surface area contributed by atoms with Crippen molar-refractivity contribution in [1.29, 1.82) is 0 Å². The number of rotatable bonds is 6. The molecule has 1 atom stereocenters. The van der Waals surface area contributed by atoms with Crippen molar-refractivity contribution in [3.63, 3.8) is 0 Å². The summed E-state index contributed by atoms with van der Waals surface area (Å²) in [5.74, 6) is 0.402. The van der Waals surface area contributed by atoms with Gasteiger partial charge in [-0.1, -0.05) is 0 Å². The average molecular weight is 282 g/mol. The highest BCUT2D eigenvalue weighted by Gasteiger charge is 2.14. The number of nitro benzene ring substituents is 1. The predicted octanol–water partition coefficient (Wildman–Crippen LogP) is 2.10. The number of nitrogens with zero attached hydrogens (tertiary/aromatic N) is 1. The van der Waals surface area contributed by atoms with Crippen molar-refractivity contribution < 1.29 is 19.1 Å². The third-order valence-electron chi connectivity index (χ3n) is 2.99. The maximum absolute atomic E-state index is 10.7. The summed E-state index contributed by atoms with van der Waals surface area (Å²) in [6.45, 7) is 1.42. The molecule has 7 heteroatoms. The lowest BCUT2D eigenvalue weighted by Crippen LogP contribution is -2.24. The van der Waals surface area contributed by atoms with Crippen LogP contribution >= 0.6 is 0 Å². The number of nitro groups is 1. The van der Waals surface area contributed by atoms with Gasteiger partial charge in [0.15, 0.2) is 6.29 Å². The van der Waals surface area contributed by atoms with Crippen molar-refractivity contribution in [1.82, 2.24) is 0 Å². The van der Waals surface area contributed by atoms with Gasteiger partial charge in [0.1, 0.15) is 18.0 Å². The standard InChI is InChI=1S/C13H18N2O5/c14-11-5-4-10(9-12(11)15(16)17)18-7-8-20-13-3-1-2-6-19-13/h4-5,9,13H,1-3,6-8,14H2. The highest BCUT2D eigenvalue weighted by atomic mass is 16.7.